The van der Waals surface area contributed by atoms with Crippen LogP contribution >= 0.6 is 0 Å². The number of hydrogen-bond acceptors (Lipinski definition) is 3. The Labute approximate surface area is 125 Å². The molecule has 21 heavy (non-hydrogen) atoms. The standard InChI is InChI=1S/C17H23N3O/c1-12(2)9-13(11-18)10-17(21)20-16-7-3-6-15-14(16)5-4-8-19-15/h3-8,12-13H,9-11,18H2,1-2H3,(H,20,21). The van der Waals surface area contributed by atoms with E-state index in [9.17, 15) is 4.79 Å². The van der Waals surface area contributed by atoms with Crippen molar-refractivity contribution in [1.29, 1.82) is 0 Å². The number of pyridine rings is 1. The third kappa shape index (κ3) is 4.26. The van der Waals surface area contributed by atoms with Crippen molar-refractivity contribution in [1.82, 2.24) is 4.98 Å². The van der Waals surface area contributed by atoms with Crippen molar-refractivity contribution < 1.29 is 4.79 Å². The maximum atomic E-state index is 12.2. The zero-order chi connectivity index (χ0) is 15.2. The van der Waals surface area contributed by atoms with Crippen LogP contribution in [0.15, 0.2) is 36.5 Å². The summed E-state index contributed by atoms with van der Waals surface area (Å²) in [6.45, 7) is 4.84. The summed E-state index contributed by atoms with van der Waals surface area (Å²) in [4.78, 5) is 16.5. The van der Waals surface area contributed by atoms with Gasteiger partial charge < -0.3 is 11.1 Å². The number of anilines is 1. The molecule has 0 aliphatic rings. The summed E-state index contributed by atoms with van der Waals surface area (Å²) < 4.78 is 0. The summed E-state index contributed by atoms with van der Waals surface area (Å²) in [6.07, 6.45) is 3.19. The third-order valence-electron chi connectivity index (χ3n) is 3.53. The Morgan fingerprint density at radius 1 is 1.29 bits per heavy atom. The van der Waals surface area contributed by atoms with Crippen LogP contribution in [-0.2, 0) is 4.79 Å². The summed E-state index contributed by atoms with van der Waals surface area (Å²) in [6, 6.07) is 9.58. The van der Waals surface area contributed by atoms with Crippen LogP contribution in [0, 0.1) is 11.8 Å². The Morgan fingerprint density at radius 2 is 2.10 bits per heavy atom. The molecule has 2 rings (SSSR count). The van der Waals surface area contributed by atoms with E-state index in [0.29, 0.717) is 18.9 Å². The van der Waals surface area contributed by atoms with Crippen molar-refractivity contribution in [3.05, 3.63) is 36.5 Å². The summed E-state index contributed by atoms with van der Waals surface area (Å²) >= 11 is 0. The molecule has 1 atom stereocenters. The minimum absolute atomic E-state index is 0.0162. The van der Waals surface area contributed by atoms with Crippen molar-refractivity contribution in [3.63, 3.8) is 0 Å². The van der Waals surface area contributed by atoms with Crippen LogP contribution in [0.1, 0.15) is 26.7 Å². The molecular formula is C17H23N3O. The first-order chi connectivity index (χ1) is 10.1. The van der Waals surface area contributed by atoms with Gasteiger partial charge in [0.15, 0.2) is 0 Å². The molecule has 1 unspecified atom stereocenters. The largest absolute Gasteiger partial charge is 0.330 e. The predicted octanol–water partition coefficient (Wildman–Crippen LogP) is 3.18. The summed E-state index contributed by atoms with van der Waals surface area (Å²) in [5.74, 6) is 0.800. The molecule has 112 valence electrons. The number of rotatable bonds is 6. The second-order valence-electron chi connectivity index (χ2n) is 5.86. The zero-order valence-corrected chi connectivity index (χ0v) is 12.7. The third-order valence-corrected chi connectivity index (χ3v) is 3.53. The highest BCUT2D eigenvalue weighted by Crippen LogP contribution is 2.22. The molecule has 3 N–H and O–H groups in total. The predicted molar refractivity (Wildman–Crippen MR) is 87.0 cm³/mol. The van der Waals surface area contributed by atoms with Gasteiger partial charge in [-0.15, -0.1) is 0 Å². The van der Waals surface area contributed by atoms with E-state index in [1.807, 2.05) is 30.3 Å². The smallest absolute Gasteiger partial charge is 0.224 e. The highest BCUT2D eigenvalue weighted by molar-refractivity contribution is 6.00. The molecule has 0 aliphatic carbocycles. The number of aromatic nitrogens is 1. The number of nitrogens with two attached hydrogens (primary N) is 1. The van der Waals surface area contributed by atoms with Crippen molar-refractivity contribution in [2.45, 2.75) is 26.7 Å². The molecule has 0 aliphatic heterocycles. The number of carbonyl (C=O) groups is 1. The number of carbonyl (C=O) groups excluding carboxylic acids is 1. The van der Waals surface area contributed by atoms with Crippen LogP contribution in [0.25, 0.3) is 10.9 Å². The van der Waals surface area contributed by atoms with Crippen molar-refractivity contribution in [2.24, 2.45) is 17.6 Å². The number of fused-ring (bicyclic) bond motifs is 1. The molecule has 1 aromatic heterocycles. The van der Waals surface area contributed by atoms with Gasteiger partial charge in [-0.3, -0.25) is 9.78 Å². The maximum Gasteiger partial charge on any atom is 0.224 e. The molecule has 0 saturated heterocycles. The van der Waals surface area contributed by atoms with E-state index in [4.69, 9.17) is 5.73 Å². The van der Waals surface area contributed by atoms with Gasteiger partial charge in [-0.1, -0.05) is 19.9 Å². The fourth-order valence-corrected chi connectivity index (χ4v) is 2.61. The van der Waals surface area contributed by atoms with Crippen LogP contribution in [0.4, 0.5) is 5.69 Å². The highest BCUT2D eigenvalue weighted by atomic mass is 16.1. The fourth-order valence-electron chi connectivity index (χ4n) is 2.61. The van der Waals surface area contributed by atoms with Gasteiger partial charge in [-0.2, -0.15) is 0 Å². The Morgan fingerprint density at radius 3 is 2.81 bits per heavy atom. The van der Waals surface area contributed by atoms with Gasteiger partial charge in [0.05, 0.1) is 11.2 Å². The number of benzene rings is 1. The Balaban J connectivity index is 2.07. The van der Waals surface area contributed by atoms with E-state index >= 15 is 0 Å². The van der Waals surface area contributed by atoms with Gasteiger partial charge in [-0.05, 0) is 49.1 Å². The van der Waals surface area contributed by atoms with E-state index in [2.05, 4.69) is 24.1 Å². The molecule has 0 saturated carbocycles. The first-order valence-electron chi connectivity index (χ1n) is 7.43. The minimum Gasteiger partial charge on any atom is -0.330 e. The highest BCUT2D eigenvalue weighted by Gasteiger charge is 2.14. The van der Waals surface area contributed by atoms with E-state index in [1.165, 1.54) is 0 Å². The summed E-state index contributed by atoms with van der Waals surface area (Å²) in [5, 5.41) is 3.95. The number of amides is 1. The molecule has 4 nitrogen and oxygen atoms in total. The lowest BCUT2D eigenvalue weighted by atomic mass is 9.94. The van der Waals surface area contributed by atoms with E-state index in [0.717, 1.165) is 23.0 Å². The van der Waals surface area contributed by atoms with Gasteiger partial charge in [-0.25, -0.2) is 0 Å². The molecule has 0 spiro atoms. The van der Waals surface area contributed by atoms with Gasteiger partial charge in [0.2, 0.25) is 5.91 Å². The van der Waals surface area contributed by atoms with Crippen LogP contribution in [0.5, 0.6) is 0 Å². The van der Waals surface area contributed by atoms with Crippen LogP contribution in [0.3, 0.4) is 0 Å². The first-order valence-corrected chi connectivity index (χ1v) is 7.43. The minimum atomic E-state index is 0.0162. The van der Waals surface area contributed by atoms with E-state index in [1.54, 1.807) is 6.20 Å². The SMILES string of the molecule is CC(C)CC(CN)CC(=O)Nc1cccc2ncccc12. The molecule has 4 heteroatoms. The van der Waals surface area contributed by atoms with E-state index in [-0.39, 0.29) is 11.8 Å². The summed E-state index contributed by atoms with van der Waals surface area (Å²) in [5.41, 5.74) is 7.46. The topological polar surface area (TPSA) is 68.0 Å². The Bertz CT molecular complexity index is 605. The Kier molecular flexibility index (Phi) is 5.28. The normalized spacial score (nSPS) is 12.6. The monoisotopic (exact) mass is 285 g/mol. The fraction of sp³-hybridized carbons (Fsp3) is 0.412. The van der Waals surface area contributed by atoms with Crippen LogP contribution < -0.4 is 11.1 Å². The van der Waals surface area contributed by atoms with Gasteiger partial charge in [0.1, 0.15) is 0 Å². The average molecular weight is 285 g/mol. The quantitative estimate of drug-likeness (QED) is 0.856. The van der Waals surface area contributed by atoms with Gasteiger partial charge in [0, 0.05) is 18.0 Å². The molecule has 0 fully saturated rings. The average Bonchev–Trinajstić information content (AvgIpc) is 2.46. The number of hydrogen-bond donors (Lipinski definition) is 2. The van der Waals surface area contributed by atoms with Crippen molar-refractivity contribution in [2.75, 3.05) is 11.9 Å². The lowest BCUT2D eigenvalue weighted by Crippen LogP contribution is -2.23. The second kappa shape index (κ2) is 7.18. The number of nitrogens with one attached hydrogen (secondary N) is 1. The van der Waals surface area contributed by atoms with Crippen LogP contribution in [-0.4, -0.2) is 17.4 Å². The van der Waals surface area contributed by atoms with Crippen molar-refractivity contribution in [3.8, 4) is 0 Å². The van der Waals surface area contributed by atoms with Gasteiger partial charge >= 0.3 is 0 Å². The lowest BCUT2D eigenvalue weighted by molar-refractivity contribution is -0.117. The molecule has 1 aromatic carbocycles. The zero-order valence-electron chi connectivity index (χ0n) is 12.7. The molecular weight excluding hydrogens is 262 g/mol. The molecule has 1 amide bonds. The maximum absolute atomic E-state index is 12.2. The molecule has 0 bridgehead atoms. The van der Waals surface area contributed by atoms with E-state index < -0.39 is 0 Å². The van der Waals surface area contributed by atoms with Gasteiger partial charge in [0.25, 0.3) is 0 Å². The number of nitrogens with zero attached hydrogens (tertiary/aromatic N) is 1. The second-order valence-corrected chi connectivity index (χ2v) is 5.86. The molecule has 2 aromatic rings. The van der Waals surface area contributed by atoms with Crippen molar-refractivity contribution >= 4 is 22.5 Å². The summed E-state index contributed by atoms with van der Waals surface area (Å²) in [7, 11) is 0. The molecule has 0 radical (unpaired) electrons. The Hall–Kier alpha value is -1.94. The molecule has 1 heterocycles. The van der Waals surface area contributed by atoms with Crippen LogP contribution in [0.2, 0.25) is 0 Å². The first kappa shape index (κ1) is 15.4. The lowest BCUT2D eigenvalue weighted by Gasteiger charge is -2.17.